The lowest BCUT2D eigenvalue weighted by Gasteiger charge is -2.08. The molecule has 1 aromatic rings. The van der Waals surface area contributed by atoms with Crippen molar-refractivity contribution < 1.29 is 8.42 Å². The molecule has 0 aromatic heterocycles. The molecule has 0 spiro atoms. The van der Waals surface area contributed by atoms with Crippen LogP contribution in [0, 0.1) is 11.3 Å². The summed E-state index contributed by atoms with van der Waals surface area (Å²) < 4.78 is 26.4. The van der Waals surface area contributed by atoms with Crippen LogP contribution in [0.25, 0.3) is 10.4 Å². The fourth-order valence-corrected chi connectivity index (χ4v) is 3.04. The molecule has 1 rings (SSSR count). The van der Waals surface area contributed by atoms with Gasteiger partial charge in [-0.2, -0.15) is 5.26 Å². The maximum Gasteiger partial charge on any atom is 0.242 e. The van der Waals surface area contributed by atoms with Gasteiger partial charge in [0.1, 0.15) is 4.90 Å². The fraction of sp³-hybridized carbons (Fsp3) is 0.364. The molecule has 20 heavy (non-hydrogen) atoms. The third-order valence-corrected chi connectivity index (χ3v) is 4.33. The standard InChI is InChI=1S/C11H12ClN5O2S/c12-10-7-9(8-13)3-4-11(10)20(18,19)16-6-2-1-5-15-17-14/h3-4,7,16H,1-2,5-6H2. The molecule has 0 saturated heterocycles. The highest BCUT2D eigenvalue weighted by atomic mass is 35.5. The lowest BCUT2D eigenvalue weighted by atomic mass is 10.2. The molecule has 1 N–H and O–H groups in total. The van der Waals surface area contributed by atoms with Gasteiger partial charge in [0.2, 0.25) is 10.0 Å². The van der Waals surface area contributed by atoms with Crippen molar-refractivity contribution in [2.24, 2.45) is 5.11 Å². The van der Waals surface area contributed by atoms with Gasteiger partial charge >= 0.3 is 0 Å². The average molecular weight is 314 g/mol. The Labute approximate surface area is 121 Å². The van der Waals surface area contributed by atoms with Crippen LogP contribution < -0.4 is 4.72 Å². The predicted molar refractivity (Wildman–Crippen MR) is 74.6 cm³/mol. The van der Waals surface area contributed by atoms with Crippen LogP contribution in [-0.4, -0.2) is 21.5 Å². The average Bonchev–Trinajstić information content (AvgIpc) is 2.42. The minimum Gasteiger partial charge on any atom is -0.211 e. The number of unbranched alkanes of at least 4 members (excludes halogenated alkanes) is 1. The Morgan fingerprint density at radius 2 is 2.20 bits per heavy atom. The summed E-state index contributed by atoms with van der Waals surface area (Å²) in [7, 11) is -3.70. The van der Waals surface area contributed by atoms with Crippen molar-refractivity contribution in [3.05, 3.63) is 39.2 Å². The van der Waals surface area contributed by atoms with Gasteiger partial charge in [0.05, 0.1) is 16.7 Å². The molecule has 0 aliphatic rings. The van der Waals surface area contributed by atoms with Gasteiger partial charge in [-0.15, -0.1) is 0 Å². The maximum absolute atomic E-state index is 12.0. The van der Waals surface area contributed by atoms with E-state index in [1.807, 2.05) is 6.07 Å². The van der Waals surface area contributed by atoms with E-state index in [2.05, 4.69) is 14.7 Å². The molecule has 0 radical (unpaired) electrons. The van der Waals surface area contributed by atoms with Gasteiger partial charge in [0, 0.05) is 18.0 Å². The van der Waals surface area contributed by atoms with Crippen molar-refractivity contribution in [2.45, 2.75) is 17.7 Å². The summed E-state index contributed by atoms with van der Waals surface area (Å²) in [6, 6.07) is 5.87. The first kappa shape index (κ1) is 16.3. The summed E-state index contributed by atoms with van der Waals surface area (Å²) in [5.74, 6) is 0. The number of sulfonamides is 1. The Balaban J connectivity index is 2.65. The van der Waals surface area contributed by atoms with E-state index in [0.717, 1.165) is 0 Å². The normalized spacial score (nSPS) is 10.6. The molecule has 0 amide bonds. The van der Waals surface area contributed by atoms with Crippen LogP contribution in [0.15, 0.2) is 28.2 Å². The lowest BCUT2D eigenvalue weighted by molar-refractivity contribution is 0.577. The summed E-state index contributed by atoms with van der Waals surface area (Å²) >= 11 is 5.85. The molecule has 0 unspecified atom stereocenters. The second kappa shape index (κ2) is 7.72. The molecule has 1 aromatic carbocycles. The zero-order valence-electron chi connectivity index (χ0n) is 10.5. The van der Waals surface area contributed by atoms with Crippen molar-refractivity contribution in [1.29, 1.82) is 5.26 Å². The van der Waals surface area contributed by atoms with E-state index in [1.54, 1.807) is 0 Å². The second-order valence-corrected chi connectivity index (χ2v) is 5.96. The fourth-order valence-electron chi connectivity index (χ4n) is 1.42. The predicted octanol–water partition coefficient (Wildman–Crippen LogP) is 2.58. The van der Waals surface area contributed by atoms with E-state index in [9.17, 15) is 8.42 Å². The van der Waals surface area contributed by atoms with Gasteiger partial charge in [-0.25, -0.2) is 13.1 Å². The van der Waals surface area contributed by atoms with Crippen LogP contribution in [-0.2, 0) is 10.0 Å². The van der Waals surface area contributed by atoms with E-state index in [1.165, 1.54) is 18.2 Å². The zero-order valence-corrected chi connectivity index (χ0v) is 12.0. The highest BCUT2D eigenvalue weighted by Crippen LogP contribution is 2.22. The van der Waals surface area contributed by atoms with Crippen molar-refractivity contribution in [3.8, 4) is 6.07 Å². The third kappa shape index (κ3) is 4.72. The summed E-state index contributed by atoms with van der Waals surface area (Å²) in [6.45, 7) is 0.551. The van der Waals surface area contributed by atoms with Gasteiger partial charge in [-0.1, -0.05) is 16.7 Å². The van der Waals surface area contributed by atoms with E-state index in [0.29, 0.717) is 24.9 Å². The number of benzene rings is 1. The van der Waals surface area contributed by atoms with Crippen molar-refractivity contribution in [1.82, 2.24) is 4.72 Å². The Kier molecular flexibility index (Phi) is 6.28. The van der Waals surface area contributed by atoms with Gasteiger partial charge in [0.15, 0.2) is 0 Å². The first-order chi connectivity index (χ1) is 9.51. The van der Waals surface area contributed by atoms with Crippen LogP contribution in [0.4, 0.5) is 0 Å². The van der Waals surface area contributed by atoms with Gasteiger partial charge in [-0.3, -0.25) is 0 Å². The minimum atomic E-state index is -3.70. The number of hydrogen-bond acceptors (Lipinski definition) is 4. The van der Waals surface area contributed by atoms with E-state index in [4.69, 9.17) is 22.4 Å². The molecule has 0 saturated carbocycles. The Morgan fingerprint density at radius 3 is 2.80 bits per heavy atom. The molecular formula is C11H12ClN5O2S. The third-order valence-electron chi connectivity index (χ3n) is 2.39. The number of nitrogens with one attached hydrogen (secondary N) is 1. The Morgan fingerprint density at radius 1 is 1.45 bits per heavy atom. The monoisotopic (exact) mass is 313 g/mol. The molecule has 0 fully saturated rings. The Hall–Kier alpha value is -1.78. The van der Waals surface area contributed by atoms with E-state index >= 15 is 0 Å². The Bertz CT molecular complexity index is 662. The molecule has 0 bridgehead atoms. The van der Waals surface area contributed by atoms with Crippen molar-refractivity contribution in [2.75, 3.05) is 13.1 Å². The van der Waals surface area contributed by atoms with Crippen LogP contribution in [0.2, 0.25) is 5.02 Å². The molecule has 0 aliphatic carbocycles. The molecule has 0 heterocycles. The number of hydrogen-bond donors (Lipinski definition) is 1. The summed E-state index contributed by atoms with van der Waals surface area (Å²) in [4.78, 5) is 2.54. The van der Waals surface area contributed by atoms with Crippen molar-refractivity contribution in [3.63, 3.8) is 0 Å². The maximum atomic E-state index is 12.0. The van der Waals surface area contributed by atoms with Crippen molar-refractivity contribution >= 4 is 21.6 Å². The minimum absolute atomic E-state index is 0.00521. The summed E-state index contributed by atoms with van der Waals surface area (Å²) in [5, 5.41) is 12.0. The van der Waals surface area contributed by atoms with Crippen LogP contribution in [0.3, 0.4) is 0 Å². The number of nitriles is 1. The molecule has 0 atom stereocenters. The van der Waals surface area contributed by atoms with Gasteiger partial charge < -0.3 is 0 Å². The topological polar surface area (TPSA) is 119 Å². The summed E-state index contributed by atoms with van der Waals surface area (Å²) in [6.07, 6.45) is 1.14. The van der Waals surface area contributed by atoms with E-state index < -0.39 is 10.0 Å². The first-order valence-electron chi connectivity index (χ1n) is 5.71. The number of rotatable bonds is 7. The van der Waals surface area contributed by atoms with Gasteiger partial charge in [0.25, 0.3) is 0 Å². The lowest BCUT2D eigenvalue weighted by Crippen LogP contribution is -2.25. The largest absolute Gasteiger partial charge is 0.242 e. The van der Waals surface area contributed by atoms with Crippen LogP contribution >= 0.6 is 11.6 Å². The number of azide groups is 1. The molecule has 106 valence electrons. The van der Waals surface area contributed by atoms with E-state index in [-0.39, 0.29) is 16.5 Å². The zero-order chi connectivity index (χ0) is 15.0. The second-order valence-electron chi connectivity index (χ2n) is 3.82. The van der Waals surface area contributed by atoms with Crippen LogP contribution in [0.1, 0.15) is 18.4 Å². The first-order valence-corrected chi connectivity index (χ1v) is 7.57. The molecule has 9 heteroatoms. The highest BCUT2D eigenvalue weighted by molar-refractivity contribution is 7.89. The number of halogens is 1. The smallest absolute Gasteiger partial charge is 0.211 e. The quantitative estimate of drug-likeness (QED) is 0.360. The molecule has 0 aliphatic heterocycles. The molecule has 7 nitrogen and oxygen atoms in total. The highest BCUT2D eigenvalue weighted by Gasteiger charge is 2.17. The number of nitrogens with zero attached hydrogens (tertiary/aromatic N) is 4. The summed E-state index contributed by atoms with van der Waals surface area (Å²) in [5.41, 5.74) is 8.38. The SMILES string of the molecule is N#Cc1ccc(S(=O)(=O)NCCCCN=[N+]=[N-])c(Cl)c1. The molecular weight excluding hydrogens is 302 g/mol. The van der Waals surface area contributed by atoms with Gasteiger partial charge in [-0.05, 0) is 36.6 Å². The van der Waals surface area contributed by atoms with Crippen LogP contribution in [0.5, 0.6) is 0 Å².